The molecule has 0 spiro atoms. The van der Waals surface area contributed by atoms with Crippen LogP contribution >= 0.6 is 0 Å². The van der Waals surface area contributed by atoms with Gasteiger partial charge in [-0.3, -0.25) is 0 Å². The van der Waals surface area contributed by atoms with Crippen molar-refractivity contribution in [3.8, 4) is 0 Å². The Bertz CT molecular complexity index is 287. The quantitative estimate of drug-likeness (QED) is 0.0762. The van der Waals surface area contributed by atoms with Crippen molar-refractivity contribution in [2.24, 2.45) is 0 Å². The van der Waals surface area contributed by atoms with Gasteiger partial charge in [0.15, 0.2) is 0 Å². The fourth-order valence-corrected chi connectivity index (χ4v) is 12.6. The summed E-state index contributed by atoms with van der Waals surface area (Å²) in [4.78, 5) is 0. The molecule has 0 fully saturated rings. The Labute approximate surface area is 233 Å². The third kappa shape index (κ3) is 24.8. The van der Waals surface area contributed by atoms with E-state index in [1.807, 2.05) is 0 Å². The first kappa shape index (κ1) is 37.3. The molecule has 0 bridgehead atoms. The van der Waals surface area contributed by atoms with Crippen LogP contribution in [0.4, 0.5) is 0 Å². The molecule has 34 heavy (non-hydrogen) atoms. The molecule has 0 nitrogen and oxygen atoms in total. The molecule has 0 unspecified atom stereocenters. The second-order valence-corrected chi connectivity index (χ2v) is 17.7. The summed E-state index contributed by atoms with van der Waals surface area (Å²) in [5.41, 5.74) is 0. The van der Waals surface area contributed by atoms with Crippen LogP contribution in [-0.2, 0) is 0 Å². The smallest absolute Gasteiger partial charge is 0.191 e. The summed E-state index contributed by atoms with van der Waals surface area (Å²) < 4.78 is 0. The van der Waals surface area contributed by atoms with E-state index in [1.165, 1.54) is 128 Å². The van der Waals surface area contributed by atoms with E-state index in [0.29, 0.717) is 0 Å². The van der Waals surface area contributed by atoms with Gasteiger partial charge < -0.3 is 0 Å². The standard InChI is InChI=1S/4C8H17.Al.Li/c4*1-3-5-7-8-6-4-2;;/h4*1,3-8H2,2H3;;/q;;;;-1;+1. The molecule has 200 valence electrons. The molecule has 0 N–H and O–H groups in total. The van der Waals surface area contributed by atoms with E-state index in [-0.39, 0.29) is 18.9 Å². The Kier molecular flexibility index (Phi) is 33.3. The Hall–Kier alpha value is 1.13. The van der Waals surface area contributed by atoms with Crippen molar-refractivity contribution in [2.75, 3.05) is 0 Å². The molecule has 0 aliphatic rings. The van der Waals surface area contributed by atoms with Gasteiger partial charge in [-0.15, -0.1) is 0 Å². The van der Waals surface area contributed by atoms with Gasteiger partial charge in [0.1, 0.15) is 13.1 Å². The fraction of sp³-hybridized carbons (Fsp3) is 1.00. The number of rotatable bonds is 28. The molecule has 0 aromatic rings. The van der Waals surface area contributed by atoms with Crippen LogP contribution in [0, 0.1) is 0 Å². The third-order valence-electron chi connectivity index (χ3n) is 8.68. The minimum atomic E-state index is -1.42. The van der Waals surface area contributed by atoms with Crippen LogP contribution in [0.5, 0.6) is 0 Å². The number of hydrogen-bond donors (Lipinski definition) is 0. The first-order valence-electron chi connectivity index (χ1n) is 16.5. The fourth-order valence-electron chi connectivity index (χ4n) is 6.30. The molecule has 0 saturated carbocycles. The van der Waals surface area contributed by atoms with Gasteiger partial charge in [0.2, 0.25) is 0 Å². The van der Waals surface area contributed by atoms with E-state index in [9.17, 15) is 0 Å². The monoisotopic (exact) mass is 487 g/mol. The topological polar surface area (TPSA) is 0 Å². The van der Waals surface area contributed by atoms with Crippen molar-refractivity contribution in [3.63, 3.8) is 0 Å². The summed E-state index contributed by atoms with van der Waals surface area (Å²) >= 11 is -1.42. The Morgan fingerprint density at radius 2 is 0.441 bits per heavy atom. The molecule has 0 amide bonds. The zero-order chi connectivity index (χ0) is 24.3. The van der Waals surface area contributed by atoms with Crippen LogP contribution in [0.3, 0.4) is 0 Å². The van der Waals surface area contributed by atoms with Crippen molar-refractivity contribution in [1.29, 1.82) is 0 Å². The molecule has 0 aliphatic carbocycles. The van der Waals surface area contributed by atoms with Gasteiger partial charge in [-0.2, -0.15) is 21.1 Å². The summed E-state index contributed by atoms with van der Waals surface area (Å²) in [6.07, 6.45) is 35.8. The van der Waals surface area contributed by atoms with Crippen LogP contribution in [0.15, 0.2) is 0 Å². The second-order valence-electron chi connectivity index (χ2n) is 12.0. The zero-order valence-corrected chi connectivity index (χ0v) is 26.5. The molecule has 0 radical (unpaired) electrons. The first-order chi connectivity index (χ1) is 16.2. The summed E-state index contributed by atoms with van der Waals surface area (Å²) in [6, 6.07) is 0. The van der Waals surface area contributed by atoms with E-state index >= 15 is 0 Å². The molecule has 0 saturated heterocycles. The summed E-state index contributed by atoms with van der Waals surface area (Å²) in [5, 5.41) is 6.83. The maximum absolute atomic E-state index is 2.35. The van der Waals surface area contributed by atoms with Crippen LogP contribution in [0.25, 0.3) is 0 Å². The predicted molar refractivity (Wildman–Crippen MR) is 158 cm³/mol. The zero-order valence-electron chi connectivity index (χ0n) is 25.4. The van der Waals surface area contributed by atoms with Crippen LogP contribution < -0.4 is 18.9 Å². The minimum absolute atomic E-state index is 0. The molecule has 0 rings (SSSR count). The van der Waals surface area contributed by atoms with Crippen LogP contribution in [0.1, 0.15) is 182 Å². The van der Waals surface area contributed by atoms with Crippen LogP contribution in [0.2, 0.25) is 21.1 Å². The Morgan fingerprint density at radius 3 is 0.647 bits per heavy atom. The van der Waals surface area contributed by atoms with Crippen molar-refractivity contribution in [1.82, 2.24) is 0 Å². The average molecular weight is 487 g/mol. The van der Waals surface area contributed by atoms with Gasteiger partial charge in [0.25, 0.3) is 0 Å². The predicted octanol–water partition coefficient (Wildman–Crippen LogP) is 9.88. The third-order valence-corrected chi connectivity index (χ3v) is 15.2. The van der Waals surface area contributed by atoms with Crippen molar-refractivity contribution >= 4 is 13.1 Å². The van der Waals surface area contributed by atoms with E-state index in [2.05, 4.69) is 27.7 Å². The van der Waals surface area contributed by atoms with Crippen molar-refractivity contribution < 1.29 is 18.9 Å². The van der Waals surface area contributed by atoms with Gasteiger partial charge in [0.05, 0.1) is 0 Å². The van der Waals surface area contributed by atoms with E-state index in [1.54, 1.807) is 46.8 Å². The maximum Gasteiger partial charge on any atom is 1.00 e. The molecule has 0 aromatic carbocycles. The molecule has 0 heterocycles. The van der Waals surface area contributed by atoms with E-state index in [0.717, 1.165) is 0 Å². The molecular formula is C32H68AlLi. The van der Waals surface area contributed by atoms with E-state index in [4.69, 9.17) is 0 Å². The van der Waals surface area contributed by atoms with Gasteiger partial charge in [-0.25, -0.2) is 0 Å². The van der Waals surface area contributed by atoms with Gasteiger partial charge in [-0.05, 0) is 0 Å². The summed E-state index contributed by atoms with van der Waals surface area (Å²) in [7, 11) is 0. The molecule has 0 aliphatic heterocycles. The van der Waals surface area contributed by atoms with Gasteiger partial charge in [-0.1, -0.05) is 182 Å². The van der Waals surface area contributed by atoms with Crippen LogP contribution in [-0.4, -0.2) is 13.1 Å². The number of unbranched alkanes of at least 4 members (excludes halogenated alkanes) is 20. The first-order valence-corrected chi connectivity index (χ1v) is 19.7. The normalized spacial score (nSPS) is 11.6. The minimum Gasteiger partial charge on any atom is -0.191 e. The second kappa shape index (κ2) is 30.4. The molecule has 0 atom stereocenters. The SMILES string of the molecule is CCCCCCC[CH2][Al-]([CH2]CCCCCCC)([CH2]CCCCCCC)[CH2]CCCCCCC.[Li+]. The van der Waals surface area contributed by atoms with Gasteiger partial charge >= 0.3 is 18.9 Å². The maximum atomic E-state index is 2.35. The summed E-state index contributed by atoms with van der Waals surface area (Å²) in [6.45, 7) is 9.39. The van der Waals surface area contributed by atoms with E-state index < -0.39 is 13.1 Å². The van der Waals surface area contributed by atoms with Crippen molar-refractivity contribution in [3.05, 3.63) is 0 Å². The van der Waals surface area contributed by atoms with Crippen molar-refractivity contribution in [2.45, 2.75) is 203 Å². The van der Waals surface area contributed by atoms with Gasteiger partial charge in [0, 0.05) is 0 Å². The Balaban J connectivity index is 0. The molecular weight excluding hydrogens is 418 g/mol. The molecule has 0 aromatic heterocycles. The average Bonchev–Trinajstić information content (AvgIpc) is 2.83. The number of hydrogen-bond acceptors (Lipinski definition) is 0. The molecule has 2 heteroatoms. The Morgan fingerprint density at radius 1 is 0.265 bits per heavy atom. The largest absolute Gasteiger partial charge is 1.00 e. The summed E-state index contributed by atoms with van der Waals surface area (Å²) in [5.74, 6) is 0.